The zero-order valence-electron chi connectivity index (χ0n) is 13.3. The molecule has 0 saturated carbocycles. The molecule has 11 heteroatoms. The molecule has 0 heterocycles. The number of non-ortho nitro benzene ring substituents is 1. The van der Waals surface area contributed by atoms with Gasteiger partial charge < -0.3 is 10.2 Å². The smallest absolute Gasteiger partial charge is 0.294 e. The second-order valence-electron chi connectivity index (χ2n) is 5.42. The lowest BCUT2D eigenvalue weighted by Gasteiger charge is -2.06. The summed E-state index contributed by atoms with van der Waals surface area (Å²) in [5, 5.41) is 38.9. The Morgan fingerprint density at radius 1 is 0.926 bits per heavy atom. The number of benzene rings is 3. The summed E-state index contributed by atoms with van der Waals surface area (Å²) in [5.41, 5.74) is -0.393. The monoisotopic (exact) mass is 389 g/mol. The average Bonchev–Trinajstić information content (AvgIpc) is 2.60. The largest absolute Gasteiger partial charge is 0.506 e. The lowest BCUT2D eigenvalue weighted by atomic mass is 10.1. The molecule has 3 N–H and O–H groups in total. The van der Waals surface area contributed by atoms with Crippen molar-refractivity contribution in [3.63, 3.8) is 0 Å². The van der Waals surface area contributed by atoms with Crippen molar-refractivity contribution in [2.24, 2.45) is 10.2 Å². The minimum absolute atomic E-state index is 0.00728. The number of hydrogen-bond acceptors (Lipinski definition) is 8. The maximum absolute atomic E-state index is 11.2. The van der Waals surface area contributed by atoms with Gasteiger partial charge in [-0.3, -0.25) is 14.7 Å². The van der Waals surface area contributed by atoms with Gasteiger partial charge in [-0.25, -0.2) is 0 Å². The van der Waals surface area contributed by atoms with Crippen molar-refractivity contribution in [1.82, 2.24) is 0 Å². The van der Waals surface area contributed by atoms with E-state index in [9.17, 15) is 28.7 Å². The van der Waals surface area contributed by atoms with E-state index in [4.69, 9.17) is 4.55 Å². The van der Waals surface area contributed by atoms with Crippen LogP contribution in [0.5, 0.6) is 11.5 Å². The van der Waals surface area contributed by atoms with Crippen molar-refractivity contribution in [2.45, 2.75) is 4.90 Å². The normalized spacial score (nSPS) is 11.9. The van der Waals surface area contributed by atoms with Crippen LogP contribution in [-0.4, -0.2) is 28.1 Å². The van der Waals surface area contributed by atoms with Gasteiger partial charge in [-0.15, -0.1) is 10.2 Å². The maximum Gasteiger partial charge on any atom is 0.294 e. The van der Waals surface area contributed by atoms with Crippen molar-refractivity contribution in [1.29, 1.82) is 0 Å². The first-order valence-corrected chi connectivity index (χ1v) is 8.73. The van der Waals surface area contributed by atoms with Crippen LogP contribution in [0.2, 0.25) is 0 Å². The fourth-order valence-corrected chi connectivity index (χ4v) is 2.88. The van der Waals surface area contributed by atoms with Gasteiger partial charge in [-0.1, -0.05) is 12.1 Å². The number of phenols is 2. The van der Waals surface area contributed by atoms with E-state index in [2.05, 4.69) is 10.2 Å². The van der Waals surface area contributed by atoms with E-state index in [1.54, 1.807) is 0 Å². The predicted molar refractivity (Wildman–Crippen MR) is 94.4 cm³/mol. The molecular formula is C16H11N3O7S. The van der Waals surface area contributed by atoms with Crippen molar-refractivity contribution in [2.75, 3.05) is 0 Å². The number of hydrogen-bond donors (Lipinski definition) is 3. The molecule has 0 aliphatic carbocycles. The van der Waals surface area contributed by atoms with E-state index in [0.717, 1.165) is 18.2 Å². The third-order valence-electron chi connectivity index (χ3n) is 3.67. The Labute approximate surface area is 151 Å². The van der Waals surface area contributed by atoms with Crippen molar-refractivity contribution in [3.8, 4) is 11.5 Å². The van der Waals surface area contributed by atoms with Crippen LogP contribution in [0.25, 0.3) is 10.8 Å². The minimum Gasteiger partial charge on any atom is -0.506 e. The van der Waals surface area contributed by atoms with Crippen molar-refractivity contribution >= 4 is 38.0 Å². The van der Waals surface area contributed by atoms with E-state index in [1.165, 1.54) is 30.3 Å². The number of azo groups is 1. The summed E-state index contributed by atoms with van der Waals surface area (Å²) >= 11 is 0. The predicted octanol–water partition coefficient (Wildman–Crippen LogP) is 3.82. The van der Waals surface area contributed by atoms with E-state index in [1.807, 2.05) is 0 Å². The Bertz CT molecular complexity index is 1210. The number of fused-ring (bicyclic) bond motifs is 1. The third-order valence-corrected chi connectivity index (χ3v) is 4.52. The number of rotatable bonds is 4. The molecule has 27 heavy (non-hydrogen) atoms. The zero-order valence-corrected chi connectivity index (χ0v) is 14.2. The second-order valence-corrected chi connectivity index (χ2v) is 6.84. The van der Waals surface area contributed by atoms with Gasteiger partial charge in [0.15, 0.2) is 0 Å². The summed E-state index contributed by atoms with van der Waals surface area (Å²) in [6, 6.07) is 9.61. The first-order valence-electron chi connectivity index (χ1n) is 7.29. The molecule has 0 amide bonds. The molecule has 0 fully saturated rings. The lowest BCUT2D eigenvalue weighted by molar-refractivity contribution is -0.384. The summed E-state index contributed by atoms with van der Waals surface area (Å²) in [5.74, 6) is -0.728. The van der Waals surface area contributed by atoms with Crippen LogP contribution in [0.15, 0.2) is 63.7 Å². The first-order chi connectivity index (χ1) is 12.7. The SMILES string of the molecule is O=[N+]([O-])c1ccc(N=Nc2c(O)ccc3cc(S(=O)(=O)O)ccc23)c(O)c1. The van der Waals surface area contributed by atoms with Crippen LogP contribution >= 0.6 is 0 Å². The number of nitrogens with zero attached hydrogens (tertiary/aromatic N) is 3. The van der Waals surface area contributed by atoms with Crippen LogP contribution < -0.4 is 0 Å². The molecule has 0 saturated heterocycles. The quantitative estimate of drug-likeness (QED) is 0.264. The Balaban J connectivity index is 2.08. The van der Waals surface area contributed by atoms with Gasteiger partial charge in [0.25, 0.3) is 15.8 Å². The number of aromatic hydroxyl groups is 2. The zero-order chi connectivity index (χ0) is 19.8. The summed E-state index contributed by atoms with van der Waals surface area (Å²) < 4.78 is 31.6. The highest BCUT2D eigenvalue weighted by Gasteiger charge is 2.14. The molecule has 10 nitrogen and oxygen atoms in total. The molecule has 3 aromatic rings. The van der Waals surface area contributed by atoms with Gasteiger partial charge in [-0.05, 0) is 29.7 Å². The van der Waals surface area contributed by atoms with Crippen LogP contribution in [0.1, 0.15) is 0 Å². The molecule has 0 bridgehead atoms. The van der Waals surface area contributed by atoms with E-state index in [0.29, 0.717) is 10.8 Å². The Morgan fingerprint density at radius 3 is 2.30 bits per heavy atom. The van der Waals surface area contributed by atoms with Gasteiger partial charge in [0.2, 0.25) is 0 Å². The summed E-state index contributed by atoms with van der Waals surface area (Å²) in [6.45, 7) is 0. The standard InChI is InChI=1S/C16H11N3O7S/c20-14-6-1-9-7-11(27(24,25)26)3-4-12(9)16(14)18-17-13-5-2-10(19(22)23)8-15(13)21/h1-8,20-21H,(H,24,25,26). The van der Waals surface area contributed by atoms with Gasteiger partial charge in [-0.2, -0.15) is 8.42 Å². The van der Waals surface area contributed by atoms with Gasteiger partial charge in [0, 0.05) is 11.5 Å². The number of phenolic OH excluding ortho intramolecular Hbond substituents is 2. The molecule has 0 aliphatic rings. The Hall–Kier alpha value is -3.57. The molecule has 0 radical (unpaired) electrons. The number of nitro benzene ring substituents is 1. The Kier molecular flexibility index (Phi) is 4.47. The second kappa shape index (κ2) is 6.63. The molecular weight excluding hydrogens is 378 g/mol. The molecule has 0 aromatic heterocycles. The van der Waals surface area contributed by atoms with Crippen LogP contribution in [0, 0.1) is 10.1 Å². The van der Waals surface area contributed by atoms with Crippen molar-refractivity contribution < 1.29 is 28.1 Å². The minimum atomic E-state index is -4.39. The summed E-state index contributed by atoms with van der Waals surface area (Å²) in [4.78, 5) is 9.68. The third kappa shape index (κ3) is 3.68. The fraction of sp³-hybridized carbons (Fsp3) is 0. The van der Waals surface area contributed by atoms with Crippen LogP contribution in [0.4, 0.5) is 17.1 Å². The van der Waals surface area contributed by atoms with E-state index >= 15 is 0 Å². The molecule has 0 spiro atoms. The summed E-state index contributed by atoms with van der Waals surface area (Å²) in [6.07, 6.45) is 0. The highest BCUT2D eigenvalue weighted by molar-refractivity contribution is 7.85. The molecule has 0 atom stereocenters. The summed E-state index contributed by atoms with van der Waals surface area (Å²) in [7, 11) is -4.39. The number of nitro groups is 1. The average molecular weight is 389 g/mol. The van der Waals surface area contributed by atoms with Crippen molar-refractivity contribution in [3.05, 3.63) is 58.6 Å². The maximum atomic E-state index is 11.2. The molecule has 0 aliphatic heterocycles. The molecule has 3 aromatic carbocycles. The van der Waals surface area contributed by atoms with E-state index < -0.39 is 20.8 Å². The van der Waals surface area contributed by atoms with E-state index in [-0.39, 0.29) is 27.7 Å². The fourth-order valence-electron chi connectivity index (χ4n) is 2.36. The lowest BCUT2D eigenvalue weighted by Crippen LogP contribution is -1.97. The van der Waals surface area contributed by atoms with Crippen LogP contribution in [0.3, 0.4) is 0 Å². The first kappa shape index (κ1) is 18.2. The van der Waals surface area contributed by atoms with Crippen LogP contribution in [-0.2, 0) is 10.1 Å². The van der Waals surface area contributed by atoms with Gasteiger partial charge in [0.05, 0.1) is 15.9 Å². The topological polar surface area (TPSA) is 163 Å². The van der Waals surface area contributed by atoms with Gasteiger partial charge in [0.1, 0.15) is 22.9 Å². The van der Waals surface area contributed by atoms with Gasteiger partial charge >= 0.3 is 0 Å². The Morgan fingerprint density at radius 2 is 1.67 bits per heavy atom. The molecule has 3 rings (SSSR count). The highest BCUT2D eigenvalue weighted by atomic mass is 32.2. The highest BCUT2D eigenvalue weighted by Crippen LogP contribution is 2.38. The molecule has 0 unspecified atom stereocenters. The molecule has 138 valence electrons.